The molecule has 0 saturated carbocycles. The first-order valence-electron chi connectivity index (χ1n) is 11.8. The molecule has 0 spiro atoms. The maximum atomic E-state index is 13.5. The number of hydrogen-bond donors (Lipinski definition) is 0. The summed E-state index contributed by atoms with van der Waals surface area (Å²) < 4.78 is 91.2. The van der Waals surface area contributed by atoms with E-state index < -0.39 is 41.6 Å². The van der Waals surface area contributed by atoms with Crippen molar-refractivity contribution in [2.24, 2.45) is 5.92 Å². The summed E-state index contributed by atoms with van der Waals surface area (Å²) >= 11 is 3.14. The molecule has 0 radical (unpaired) electrons. The van der Waals surface area contributed by atoms with Crippen LogP contribution < -0.4 is 0 Å². The van der Waals surface area contributed by atoms with Gasteiger partial charge in [0.15, 0.2) is 0 Å². The second kappa shape index (κ2) is 11.3. The van der Waals surface area contributed by atoms with Crippen LogP contribution in [0.4, 0.5) is 26.3 Å². The zero-order valence-corrected chi connectivity index (χ0v) is 23.2. The third-order valence-corrected chi connectivity index (χ3v) is 13.3. The van der Waals surface area contributed by atoms with Gasteiger partial charge in [-0.15, -0.1) is 0 Å². The second-order valence-electron chi connectivity index (χ2n) is 9.26. The van der Waals surface area contributed by atoms with E-state index in [0.29, 0.717) is 23.7 Å². The molecule has 2 aromatic rings. The van der Waals surface area contributed by atoms with Gasteiger partial charge in [0.1, 0.15) is 0 Å². The topological polar surface area (TPSA) is 15.7 Å². The van der Waals surface area contributed by atoms with Crippen molar-refractivity contribution in [1.82, 2.24) is 9.34 Å². The number of nitrogens with zero attached hydrogens (tertiary/aromatic N) is 2. The molecule has 3 nitrogen and oxygen atoms in total. The number of hydrogen-bond acceptors (Lipinski definition) is 3. The van der Waals surface area contributed by atoms with Gasteiger partial charge in [-0.05, 0) is 0 Å². The fourth-order valence-corrected chi connectivity index (χ4v) is 8.61. The predicted octanol–water partition coefficient (Wildman–Crippen LogP) is 8.07. The SMILES string of the molecule is CCC(C)CCCOP1(=[Se])N(C)[C@@H](c2cccc(C(F)(F)F)c2)[C@H](c2cccc(C(F)(F)F)c2)N1C. The first-order valence-corrected chi connectivity index (χ1v) is 15.6. The summed E-state index contributed by atoms with van der Waals surface area (Å²) in [5.74, 6) is 0.540. The van der Waals surface area contributed by atoms with Gasteiger partial charge < -0.3 is 0 Å². The average Bonchev–Trinajstić information content (AvgIpc) is 3.02. The Bertz CT molecular complexity index is 1020. The average molecular weight is 599 g/mol. The number of alkyl halides is 6. The van der Waals surface area contributed by atoms with Gasteiger partial charge in [-0.1, -0.05) is 0 Å². The molecule has 3 rings (SSSR count). The van der Waals surface area contributed by atoms with E-state index in [-0.39, 0.29) is 0 Å². The molecular weight excluding hydrogens is 568 g/mol. The molecule has 0 aliphatic carbocycles. The van der Waals surface area contributed by atoms with E-state index in [1.165, 1.54) is 12.1 Å². The molecule has 36 heavy (non-hydrogen) atoms. The molecule has 0 amide bonds. The second-order valence-corrected chi connectivity index (χ2v) is 14.8. The molecule has 3 atom stereocenters. The summed E-state index contributed by atoms with van der Waals surface area (Å²) in [5, 5.41) is 0. The molecule has 2 aromatic carbocycles. The minimum atomic E-state index is -4.54. The fourth-order valence-electron chi connectivity index (χ4n) is 4.54. The van der Waals surface area contributed by atoms with Crippen LogP contribution in [0.2, 0.25) is 0 Å². The Morgan fingerprint density at radius 1 is 0.889 bits per heavy atom. The van der Waals surface area contributed by atoms with E-state index >= 15 is 0 Å². The molecule has 200 valence electrons. The zero-order chi connectivity index (χ0) is 26.9. The van der Waals surface area contributed by atoms with Crippen LogP contribution in [0.5, 0.6) is 0 Å². The molecule has 1 saturated heterocycles. The molecule has 0 aromatic heterocycles. The Balaban J connectivity index is 2.05. The van der Waals surface area contributed by atoms with Crippen LogP contribution in [0.25, 0.3) is 0 Å². The summed E-state index contributed by atoms with van der Waals surface area (Å²) in [4.78, 5) is 0. The van der Waals surface area contributed by atoms with E-state index in [2.05, 4.69) is 28.9 Å². The zero-order valence-electron chi connectivity index (χ0n) is 20.6. The Kier molecular flexibility index (Phi) is 9.23. The summed E-state index contributed by atoms with van der Waals surface area (Å²) in [6.07, 6.45) is -6.25. The van der Waals surface area contributed by atoms with Crippen LogP contribution in [-0.2, 0) is 16.9 Å². The molecule has 1 aliphatic heterocycles. The van der Waals surface area contributed by atoms with E-state index in [4.69, 9.17) is 4.52 Å². The first-order chi connectivity index (χ1) is 16.7. The predicted molar refractivity (Wildman–Crippen MR) is 131 cm³/mol. The molecule has 1 heterocycles. The standard InChI is InChI=1S/C25H31F6N2OPSe/c1-5-17(2)9-8-14-34-35(36)32(3)22(18-10-6-12-20(15-18)24(26,27)28)23(33(35)4)19-11-7-13-21(16-19)25(29,30)31/h6-7,10-13,15-17,22-23H,5,8-9,14H2,1-4H3/t17?,22-,23-/m0/s1. The van der Waals surface area contributed by atoms with E-state index in [1.807, 2.05) is 9.34 Å². The van der Waals surface area contributed by atoms with Gasteiger partial charge in [0.25, 0.3) is 0 Å². The van der Waals surface area contributed by atoms with Gasteiger partial charge in [0.2, 0.25) is 0 Å². The Hall–Kier alpha value is -1.15. The molecule has 1 unspecified atom stereocenters. The third-order valence-electron chi connectivity index (χ3n) is 6.81. The maximum absolute atomic E-state index is 13.5. The van der Waals surface area contributed by atoms with Gasteiger partial charge in [-0.25, -0.2) is 0 Å². The van der Waals surface area contributed by atoms with Crippen molar-refractivity contribution >= 4 is 21.1 Å². The van der Waals surface area contributed by atoms with Crippen molar-refractivity contribution in [2.75, 3.05) is 20.7 Å². The van der Waals surface area contributed by atoms with E-state index in [1.54, 1.807) is 26.2 Å². The monoisotopic (exact) mass is 600 g/mol. The van der Waals surface area contributed by atoms with Crippen molar-refractivity contribution in [1.29, 1.82) is 0 Å². The minimum absolute atomic E-state index is 0.363. The van der Waals surface area contributed by atoms with Crippen LogP contribution in [-0.4, -0.2) is 45.1 Å². The fraction of sp³-hybridized carbons (Fsp3) is 0.520. The summed E-state index contributed by atoms with van der Waals surface area (Å²) in [5.41, 5.74) is -0.878. The van der Waals surface area contributed by atoms with Gasteiger partial charge in [-0.3, -0.25) is 0 Å². The van der Waals surface area contributed by atoms with Crippen LogP contribution >= 0.6 is 6.04 Å². The van der Waals surface area contributed by atoms with Crippen LogP contribution in [0.1, 0.15) is 67.4 Å². The van der Waals surface area contributed by atoms with Crippen molar-refractivity contribution in [3.63, 3.8) is 0 Å². The number of rotatable bonds is 8. The summed E-state index contributed by atoms with van der Waals surface area (Å²) in [6.45, 7) is 4.71. The van der Waals surface area contributed by atoms with Crippen molar-refractivity contribution in [3.8, 4) is 0 Å². The summed E-state index contributed by atoms with van der Waals surface area (Å²) in [7, 11) is 3.52. The van der Waals surface area contributed by atoms with Crippen molar-refractivity contribution < 1.29 is 30.9 Å². The van der Waals surface area contributed by atoms with Crippen LogP contribution in [0.3, 0.4) is 0 Å². The van der Waals surface area contributed by atoms with Crippen molar-refractivity contribution in [2.45, 2.75) is 57.5 Å². The van der Waals surface area contributed by atoms with Crippen LogP contribution in [0.15, 0.2) is 48.5 Å². The Morgan fingerprint density at radius 2 is 1.33 bits per heavy atom. The number of halogens is 6. The number of likely N-dealkylation sites (N-methyl/N-ethyl adjacent to an activating group) is 2. The van der Waals surface area contributed by atoms with E-state index in [9.17, 15) is 26.3 Å². The Labute approximate surface area is 216 Å². The molecular formula is C25H31F6N2OPSe. The summed E-state index contributed by atoms with van der Waals surface area (Å²) in [6, 6.07) is 6.01. The van der Waals surface area contributed by atoms with Gasteiger partial charge in [-0.2, -0.15) is 0 Å². The molecule has 0 N–H and O–H groups in total. The van der Waals surface area contributed by atoms with Gasteiger partial charge >= 0.3 is 216 Å². The molecule has 1 aliphatic rings. The van der Waals surface area contributed by atoms with Gasteiger partial charge in [0.05, 0.1) is 0 Å². The normalized spacial score (nSPS) is 22.2. The quantitative estimate of drug-likeness (QED) is 0.132. The first kappa shape index (κ1) is 29.4. The van der Waals surface area contributed by atoms with Crippen molar-refractivity contribution in [3.05, 3.63) is 70.8 Å². The molecule has 11 heteroatoms. The van der Waals surface area contributed by atoms with Crippen LogP contribution in [0, 0.1) is 5.92 Å². The Morgan fingerprint density at radius 3 is 1.72 bits per heavy atom. The molecule has 1 fully saturated rings. The molecule has 0 bridgehead atoms. The van der Waals surface area contributed by atoms with E-state index in [0.717, 1.165) is 43.5 Å². The third kappa shape index (κ3) is 6.28. The number of benzene rings is 2. The van der Waals surface area contributed by atoms with Gasteiger partial charge in [0, 0.05) is 0 Å².